The first-order chi connectivity index (χ1) is 9.86. The molecule has 0 amide bonds. The average molecular weight is 292 g/mol. The molecule has 0 heterocycles. The second-order valence-corrected chi connectivity index (χ2v) is 7.24. The molecule has 21 heavy (non-hydrogen) atoms. The quantitative estimate of drug-likeness (QED) is 0.574. The monoisotopic (exact) mass is 292 g/mol. The van der Waals surface area contributed by atoms with E-state index in [1.54, 1.807) is 6.08 Å². The molecule has 2 aliphatic rings. The molecular weight excluding hydrogens is 264 g/mol. The van der Waals surface area contributed by atoms with E-state index < -0.39 is 0 Å². The maximum absolute atomic E-state index is 12.4. The third kappa shape index (κ3) is 2.75. The summed E-state index contributed by atoms with van der Waals surface area (Å²) in [4.78, 5) is 12.4. The Balaban J connectivity index is 2.47. The number of carbonyl (C=O) groups is 1. The second kappa shape index (κ2) is 5.86. The van der Waals surface area contributed by atoms with Gasteiger partial charge in [0, 0.05) is 11.8 Å². The number of fused-ring (bicyclic) bond motifs is 1. The molecule has 3 heteroatoms. The zero-order valence-corrected chi connectivity index (χ0v) is 13.8. The molecule has 2 atom stereocenters. The lowest BCUT2D eigenvalue weighted by molar-refractivity contribution is -0.140. The van der Waals surface area contributed by atoms with E-state index in [1.807, 2.05) is 0 Å². The van der Waals surface area contributed by atoms with Crippen LogP contribution in [0.3, 0.4) is 0 Å². The molecule has 1 saturated carbocycles. The topological polar surface area (TPSA) is 35.5 Å². The zero-order chi connectivity index (χ0) is 15.7. The van der Waals surface area contributed by atoms with Crippen molar-refractivity contribution in [2.24, 2.45) is 16.7 Å². The Morgan fingerprint density at radius 1 is 1.38 bits per heavy atom. The smallest absolute Gasteiger partial charge is 0.337 e. The first-order valence-electron chi connectivity index (χ1n) is 7.92. The second-order valence-electron chi connectivity index (χ2n) is 7.24. The molecule has 0 aromatic heterocycles. The van der Waals surface area contributed by atoms with Gasteiger partial charge in [0.1, 0.15) is 12.4 Å². The van der Waals surface area contributed by atoms with E-state index in [-0.39, 0.29) is 16.8 Å². The van der Waals surface area contributed by atoms with E-state index in [1.165, 1.54) is 13.5 Å². The van der Waals surface area contributed by atoms with Crippen LogP contribution in [0.25, 0.3) is 0 Å². The Morgan fingerprint density at radius 3 is 2.71 bits per heavy atom. The molecule has 0 saturated heterocycles. The predicted molar refractivity (Wildman–Crippen MR) is 83.7 cm³/mol. The van der Waals surface area contributed by atoms with Crippen LogP contribution in [0.15, 0.2) is 24.0 Å². The van der Waals surface area contributed by atoms with Crippen LogP contribution in [0.2, 0.25) is 0 Å². The van der Waals surface area contributed by atoms with Crippen LogP contribution >= 0.6 is 0 Å². The number of hydrogen-bond acceptors (Lipinski definition) is 3. The van der Waals surface area contributed by atoms with Gasteiger partial charge in [-0.2, -0.15) is 0 Å². The van der Waals surface area contributed by atoms with Gasteiger partial charge in [0.25, 0.3) is 0 Å². The van der Waals surface area contributed by atoms with Gasteiger partial charge in [0.05, 0.1) is 12.7 Å². The Bertz CT molecular complexity index is 461. The van der Waals surface area contributed by atoms with Crippen LogP contribution in [0.5, 0.6) is 0 Å². The highest BCUT2D eigenvalue weighted by Crippen LogP contribution is 2.59. The number of methoxy groups -OCH3 is 1. The molecule has 3 nitrogen and oxygen atoms in total. The number of esters is 1. The van der Waals surface area contributed by atoms with E-state index in [2.05, 4.69) is 27.4 Å². The molecule has 118 valence electrons. The lowest BCUT2D eigenvalue weighted by Crippen LogP contribution is -2.47. The van der Waals surface area contributed by atoms with Gasteiger partial charge in [-0.25, -0.2) is 4.79 Å². The van der Waals surface area contributed by atoms with Crippen molar-refractivity contribution in [2.45, 2.75) is 52.9 Å². The minimum atomic E-state index is -0.223. The van der Waals surface area contributed by atoms with Crippen LogP contribution in [-0.2, 0) is 14.3 Å². The van der Waals surface area contributed by atoms with Crippen LogP contribution in [-0.4, -0.2) is 19.7 Å². The summed E-state index contributed by atoms with van der Waals surface area (Å²) in [5.41, 5.74) is 0.899. The number of carbonyl (C=O) groups excluding carboxylic acids is 1. The first kappa shape index (κ1) is 16.1. The van der Waals surface area contributed by atoms with E-state index in [0.29, 0.717) is 12.5 Å². The molecule has 0 aliphatic heterocycles. The highest BCUT2D eigenvalue weighted by molar-refractivity contribution is 5.90. The zero-order valence-electron chi connectivity index (χ0n) is 13.8. The average Bonchev–Trinajstić information content (AvgIpc) is 2.42. The summed E-state index contributed by atoms with van der Waals surface area (Å²) in [5.74, 6) is 1.10. The van der Waals surface area contributed by atoms with E-state index >= 15 is 0 Å². The van der Waals surface area contributed by atoms with Crippen molar-refractivity contribution in [3.63, 3.8) is 0 Å². The minimum Gasteiger partial charge on any atom is -0.493 e. The highest BCUT2D eigenvalue weighted by atomic mass is 16.5. The number of ether oxygens (including phenoxy) is 2. The van der Waals surface area contributed by atoms with E-state index in [4.69, 9.17) is 9.47 Å². The normalized spacial score (nSPS) is 31.3. The summed E-state index contributed by atoms with van der Waals surface area (Å²) < 4.78 is 10.9. The summed E-state index contributed by atoms with van der Waals surface area (Å²) in [6.07, 6.45) is 7.03. The molecular formula is C18H28O3. The van der Waals surface area contributed by atoms with Crippen LogP contribution < -0.4 is 0 Å². The van der Waals surface area contributed by atoms with Crippen molar-refractivity contribution < 1.29 is 14.3 Å². The molecule has 1 fully saturated rings. The van der Waals surface area contributed by atoms with Crippen molar-refractivity contribution in [3.05, 3.63) is 24.0 Å². The lowest BCUT2D eigenvalue weighted by Gasteiger charge is -2.53. The third-order valence-corrected chi connectivity index (χ3v) is 5.50. The molecule has 0 aromatic carbocycles. The summed E-state index contributed by atoms with van der Waals surface area (Å²) in [6.45, 7) is 11.0. The predicted octanol–water partition coefficient (Wildman–Crippen LogP) is 4.24. The Morgan fingerprint density at radius 2 is 2.10 bits per heavy atom. The number of hydrogen-bond donors (Lipinski definition) is 0. The molecule has 0 aromatic rings. The number of rotatable bonds is 4. The Labute approximate surface area is 128 Å². The highest BCUT2D eigenvalue weighted by Gasteiger charge is 2.53. The van der Waals surface area contributed by atoms with Gasteiger partial charge in [-0.3, -0.25) is 0 Å². The minimum absolute atomic E-state index is 0.135. The van der Waals surface area contributed by atoms with Gasteiger partial charge in [0.15, 0.2) is 0 Å². The first-order valence-corrected chi connectivity index (χ1v) is 7.92. The van der Waals surface area contributed by atoms with Gasteiger partial charge in [-0.05, 0) is 30.6 Å². The fourth-order valence-corrected chi connectivity index (χ4v) is 4.60. The van der Waals surface area contributed by atoms with Crippen molar-refractivity contribution >= 4 is 5.97 Å². The molecule has 0 bridgehead atoms. The molecule has 2 rings (SSSR count). The van der Waals surface area contributed by atoms with Crippen LogP contribution in [0, 0.1) is 16.7 Å². The Hall–Kier alpha value is -1.25. The molecule has 0 spiro atoms. The molecule has 0 N–H and O–H groups in total. The lowest BCUT2D eigenvalue weighted by atomic mass is 9.51. The van der Waals surface area contributed by atoms with Gasteiger partial charge < -0.3 is 9.47 Å². The number of allylic oxidation sites excluding steroid dienone is 1. The largest absolute Gasteiger partial charge is 0.493 e. The van der Waals surface area contributed by atoms with Gasteiger partial charge in [-0.1, -0.05) is 39.8 Å². The van der Waals surface area contributed by atoms with Crippen molar-refractivity contribution in [1.29, 1.82) is 0 Å². The maximum atomic E-state index is 12.4. The maximum Gasteiger partial charge on any atom is 0.337 e. The van der Waals surface area contributed by atoms with Gasteiger partial charge in [0.2, 0.25) is 0 Å². The van der Waals surface area contributed by atoms with Gasteiger partial charge >= 0.3 is 5.97 Å². The molecule has 2 aliphatic carbocycles. The Kier molecular flexibility index (Phi) is 4.50. The summed E-state index contributed by atoms with van der Waals surface area (Å²) in [6, 6.07) is 0. The van der Waals surface area contributed by atoms with Gasteiger partial charge in [-0.15, -0.1) is 0 Å². The standard InChI is InChI=1S/C18H28O3/c1-6-12-21-13-8-9-14-17(2,3)10-7-11-18(14,4)15(13)16(19)20-5/h6,14H,1,7-12H2,2-5H3/t14-,18-/m0/s1. The molecule has 0 unspecified atom stereocenters. The summed E-state index contributed by atoms with van der Waals surface area (Å²) in [5, 5.41) is 0. The van der Waals surface area contributed by atoms with Crippen molar-refractivity contribution in [2.75, 3.05) is 13.7 Å². The third-order valence-electron chi connectivity index (χ3n) is 5.50. The fraction of sp³-hybridized carbons (Fsp3) is 0.722. The van der Waals surface area contributed by atoms with E-state index in [9.17, 15) is 4.79 Å². The van der Waals surface area contributed by atoms with Crippen molar-refractivity contribution in [3.8, 4) is 0 Å². The van der Waals surface area contributed by atoms with E-state index in [0.717, 1.165) is 37.0 Å². The van der Waals surface area contributed by atoms with Crippen LogP contribution in [0.1, 0.15) is 52.9 Å². The SMILES string of the molecule is C=CCOC1=C(C(=O)OC)[C@@]2(C)CCCC(C)(C)[C@@H]2CC1. The summed E-state index contributed by atoms with van der Waals surface area (Å²) in [7, 11) is 1.46. The summed E-state index contributed by atoms with van der Waals surface area (Å²) >= 11 is 0. The molecule has 0 radical (unpaired) electrons. The van der Waals surface area contributed by atoms with Crippen LogP contribution in [0.4, 0.5) is 0 Å². The van der Waals surface area contributed by atoms with Crippen molar-refractivity contribution in [1.82, 2.24) is 0 Å². The fourth-order valence-electron chi connectivity index (χ4n) is 4.60.